The summed E-state index contributed by atoms with van der Waals surface area (Å²) in [5, 5.41) is 0. The Morgan fingerprint density at radius 3 is 1.70 bits per heavy atom. The van der Waals surface area contributed by atoms with Crippen molar-refractivity contribution in [2.45, 2.75) is 96.9 Å². The molecule has 6 nitrogen and oxygen atoms in total. The van der Waals surface area contributed by atoms with Crippen LogP contribution in [-0.2, 0) is 28.4 Å². The normalized spacial score (nSPS) is 28.6. The van der Waals surface area contributed by atoms with Crippen LogP contribution >= 0.6 is 0 Å². The Balaban J connectivity index is 2.94. The molecule has 0 bridgehead atoms. The largest absolute Gasteiger partial charge is 0.379 e. The average molecular weight is 391 g/mol. The fraction of sp³-hybridized carbons (Fsp3) is 1.00. The van der Waals surface area contributed by atoms with E-state index in [1.54, 1.807) is 7.11 Å². The van der Waals surface area contributed by atoms with Crippen molar-refractivity contribution in [3.63, 3.8) is 0 Å². The van der Waals surface area contributed by atoms with E-state index in [-0.39, 0.29) is 24.4 Å². The third-order valence-corrected chi connectivity index (χ3v) is 4.73. The number of hydrogen-bond donors (Lipinski definition) is 0. The molecule has 0 amide bonds. The van der Waals surface area contributed by atoms with Gasteiger partial charge in [0.2, 0.25) is 0 Å². The fourth-order valence-corrected chi connectivity index (χ4v) is 3.09. The first kappa shape index (κ1) is 24.8. The Kier molecular flexibility index (Phi) is 14.4. The summed E-state index contributed by atoms with van der Waals surface area (Å²) in [6, 6.07) is 0. The summed E-state index contributed by atoms with van der Waals surface area (Å²) in [6.07, 6.45) is 4.80. The van der Waals surface area contributed by atoms with Crippen molar-refractivity contribution in [2.24, 2.45) is 0 Å². The zero-order valence-corrected chi connectivity index (χ0v) is 18.1. The molecule has 0 aromatic carbocycles. The summed E-state index contributed by atoms with van der Waals surface area (Å²) in [5.41, 5.74) is 0. The Labute approximate surface area is 166 Å². The zero-order valence-electron chi connectivity index (χ0n) is 18.1. The molecule has 1 aliphatic heterocycles. The molecule has 0 spiro atoms. The molecule has 0 aromatic rings. The van der Waals surface area contributed by atoms with Crippen molar-refractivity contribution in [3.8, 4) is 0 Å². The molecule has 0 aliphatic carbocycles. The van der Waals surface area contributed by atoms with Crippen molar-refractivity contribution in [1.29, 1.82) is 0 Å². The third-order valence-electron chi connectivity index (χ3n) is 4.73. The molecule has 1 saturated heterocycles. The monoisotopic (exact) mass is 390 g/mol. The smallest absolute Gasteiger partial charge is 0.186 e. The first-order chi connectivity index (χ1) is 13.2. The maximum atomic E-state index is 6.29. The summed E-state index contributed by atoms with van der Waals surface area (Å²) >= 11 is 0. The molecule has 1 aliphatic rings. The summed E-state index contributed by atoms with van der Waals surface area (Å²) < 4.78 is 36.1. The predicted octanol–water partition coefficient (Wildman–Crippen LogP) is 3.95. The number of methoxy groups -OCH3 is 1. The van der Waals surface area contributed by atoms with Gasteiger partial charge in [-0.05, 0) is 26.2 Å². The highest BCUT2D eigenvalue weighted by Gasteiger charge is 2.48. The Hall–Kier alpha value is -0.240. The molecule has 0 saturated carbocycles. The Bertz CT molecular complexity index is 341. The SMILES string of the molecule is CCCCOC1C(OCCCC)[C@@H](OCCCC)C(COCC)O[C@@H]1OC. The van der Waals surface area contributed by atoms with E-state index < -0.39 is 6.29 Å². The van der Waals surface area contributed by atoms with Gasteiger partial charge in [-0.2, -0.15) is 0 Å². The molecule has 0 aromatic heterocycles. The summed E-state index contributed by atoms with van der Waals surface area (Å²) in [6.45, 7) is 11.6. The fourth-order valence-electron chi connectivity index (χ4n) is 3.09. The zero-order chi connectivity index (χ0) is 19.9. The van der Waals surface area contributed by atoms with Gasteiger partial charge in [-0.15, -0.1) is 0 Å². The van der Waals surface area contributed by atoms with Crippen LogP contribution in [0.4, 0.5) is 0 Å². The van der Waals surface area contributed by atoms with Gasteiger partial charge in [-0.25, -0.2) is 0 Å². The maximum Gasteiger partial charge on any atom is 0.186 e. The van der Waals surface area contributed by atoms with Crippen LogP contribution in [0.15, 0.2) is 0 Å². The van der Waals surface area contributed by atoms with Crippen LogP contribution in [0.5, 0.6) is 0 Å². The summed E-state index contributed by atoms with van der Waals surface area (Å²) in [7, 11) is 1.65. The highest BCUT2D eigenvalue weighted by atomic mass is 16.7. The molecule has 6 heteroatoms. The summed E-state index contributed by atoms with van der Waals surface area (Å²) in [5.74, 6) is 0. The van der Waals surface area contributed by atoms with Gasteiger partial charge in [0, 0.05) is 33.5 Å². The topological polar surface area (TPSA) is 55.4 Å². The second-order valence-corrected chi connectivity index (χ2v) is 7.00. The van der Waals surface area contributed by atoms with Crippen LogP contribution in [0.1, 0.15) is 66.2 Å². The maximum absolute atomic E-state index is 6.29. The first-order valence-electron chi connectivity index (χ1n) is 10.8. The van der Waals surface area contributed by atoms with Crippen molar-refractivity contribution in [1.82, 2.24) is 0 Å². The molecule has 1 rings (SSSR count). The van der Waals surface area contributed by atoms with Crippen LogP contribution < -0.4 is 0 Å². The Morgan fingerprint density at radius 2 is 1.22 bits per heavy atom. The second-order valence-electron chi connectivity index (χ2n) is 7.00. The number of unbranched alkanes of at least 4 members (excludes halogenated alkanes) is 3. The molecular formula is C21H42O6. The van der Waals surface area contributed by atoms with Gasteiger partial charge in [0.05, 0.1) is 6.61 Å². The molecule has 5 atom stereocenters. The van der Waals surface area contributed by atoms with E-state index in [9.17, 15) is 0 Å². The van der Waals surface area contributed by atoms with E-state index in [1.807, 2.05) is 6.92 Å². The van der Waals surface area contributed by atoms with Crippen LogP contribution in [-0.4, -0.2) is 70.9 Å². The lowest BCUT2D eigenvalue weighted by Gasteiger charge is -2.45. The van der Waals surface area contributed by atoms with E-state index in [2.05, 4.69) is 20.8 Å². The van der Waals surface area contributed by atoms with E-state index in [1.165, 1.54) is 0 Å². The molecule has 27 heavy (non-hydrogen) atoms. The molecule has 0 N–H and O–H groups in total. The standard InChI is InChI=1S/C21H42O6/c1-6-10-13-24-18-17(16-23-9-4)27-21(22-5)20(26-15-12-8-3)19(18)25-14-11-7-2/h17-21H,6-16H2,1-5H3/t17?,18-,19?,20?,21-/m0/s1. The lowest BCUT2D eigenvalue weighted by Crippen LogP contribution is -2.62. The van der Waals surface area contributed by atoms with Crippen molar-refractivity contribution in [3.05, 3.63) is 0 Å². The van der Waals surface area contributed by atoms with Crippen LogP contribution in [0.3, 0.4) is 0 Å². The van der Waals surface area contributed by atoms with Crippen molar-refractivity contribution < 1.29 is 28.4 Å². The van der Waals surface area contributed by atoms with Crippen LogP contribution in [0.2, 0.25) is 0 Å². The number of ether oxygens (including phenoxy) is 6. The minimum Gasteiger partial charge on any atom is -0.379 e. The second kappa shape index (κ2) is 15.7. The van der Waals surface area contributed by atoms with Crippen LogP contribution in [0.25, 0.3) is 0 Å². The molecular weight excluding hydrogens is 348 g/mol. The van der Waals surface area contributed by atoms with E-state index in [4.69, 9.17) is 28.4 Å². The van der Waals surface area contributed by atoms with E-state index in [0.29, 0.717) is 33.0 Å². The molecule has 162 valence electrons. The van der Waals surface area contributed by atoms with Gasteiger partial charge in [-0.1, -0.05) is 40.0 Å². The number of hydrogen-bond acceptors (Lipinski definition) is 6. The highest BCUT2D eigenvalue weighted by molar-refractivity contribution is 4.93. The average Bonchev–Trinajstić information content (AvgIpc) is 2.68. The molecule has 3 unspecified atom stereocenters. The lowest BCUT2D eigenvalue weighted by molar-refractivity contribution is -0.318. The van der Waals surface area contributed by atoms with Gasteiger partial charge in [0.15, 0.2) is 6.29 Å². The summed E-state index contributed by atoms with van der Waals surface area (Å²) in [4.78, 5) is 0. The first-order valence-corrected chi connectivity index (χ1v) is 10.8. The molecule has 1 fully saturated rings. The quantitative estimate of drug-likeness (QED) is 0.372. The van der Waals surface area contributed by atoms with Gasteiger partial charge in [0.1, 0.15) is 24.4 Å². The minimum atomic E-state index is -0.482. The van der Waals surface area contributed by atoms with E-state index >= 15 is 0 Å². The van der Waals surface area contributed by atoms with Gasteiger partial charge in [0.25, 0.3) is 0 Å². The van der Waals surface area contributed by atoms with E-state index in [0.717, 1.165) is 38.5 Å². The van der Waals surface area contributed by atoms with Gasteiger partial charge >= 0.3 is 0 Å². The predicted molar refractivity (Wildman–Crippen MR) is 106 cm³/mol. The molecule has 0 radical (unpaired) electrons. The van der Waals surface area contributed by atoms with Crippen molar-refractivity contribution in [2.75, 3.05) is 40.1 Å². The van der Waals surface area contributed by atoms with Crippen LogP contribution in [0, 0.1) is 0 Å². The third kappa shape index (κ3) is 8.75. The highest BCUT2D eigenvalue weighted by Crippen LogP contribution is 2.29. The number of rotatable bonds is 16. The van der Waals surface area contributed by atoms with Crippen molar-refractivity contribution >= 4 is 0 Å². The van der Waals surface area contributed by atoms with Gasteiger partial charge < -0.3 is 28.4 Å². The Morgan fingerprint density at radius 1 is 0.704 bits per heavy atom. The van der Waals surface area contributed by atoms with Gasteiger partial charge in [-0.3, -0.25) is 0 Å². The molecule has 1 heterocycles. The minimum absolute atomic E-state index is 0.224. The lowest BCUT2D eigenvalue weighted by atomic mass is 9.98.